The van der Waals surface area contributed by atoms with E-state index in [2.05, 4.69) is 52.6 Å². The van der Waals surface area contributed by atoms with Gasteiger partial charge in [-0.2, -0.15) is 0 Å². The van der Waals surface area contributed by atoms with Crippen LogP contribution < -0.4 is 15.4 Å². The molecule has 0 saturated carbocycles. The Morgan fingerprint density at radius 3 is 2.92 bits per heavy atom. The maximum Gasteiger partial charge on any atom is 0.190 e. The van der Waals surface area contributed by atoms with E-state index in [4.69, 9.17) is 4.74 Å². The lowest BCUT2D eigenvalue weighted by atomic mass is 10.1. The highest BCUT2D eigenvalue weighted by Crippen LogP contribution is 2.19. The number of guanidine groups is 1. The van der Waals surface area contributed by atoms with Crippen molar-refractivity contribution in [2.75, 3.05) is 46.9 Å². The average Bonchev–Trinajstić information content (AvgIpc) is 3.07. The van der Waals surface area contributed by atoms with Gasteiger partial charge in [0.2, 0.25) is 0 Å². The maximum atomic E-state index is 5.40. The van der Waals surface area contributed by atoms with Crippen LogP contribution in [0.1, 0.15) is 30.9 Å². The molecule has 1 aromatic carbocycles. The van der Waals surface area contributed by atoms with Crippen molar-refractivity contribution in [3.8, 4) is 5.75 Å². The molecule has 0 spiro atoms. The van der Waals surface area contributed by atoms with Crippen molar-refractivity contribution >= 4 is 5.96 Å². The summed E-state index contributed by atoms with van der Waals surface area (Å²) in [5.74, 6) is 2.58. The van der Waals surface area contributed by atoms with Gasteiger partial charge in [0.05, 0.1) is 7.11 Å². The molecule has 25 heavy (non-hydrogen) atoms. The minimum Gasteiger partial charge on any atom is -0.496 e. The minimum atomic E-state index is 0.728. The molecule has 0 amide bonds. The highest BCUT2D eigenvalue weighted by molar-refractivity contribution is 5.79. The van der Waals surface area contributed by atoms with Gasteiger partial charge < -0.3 is 20.3 Å². The lowest BCUT2D eigenvalue weighted by molar-refractivity contribution is 0.324. The number of likely N-dealkylation sites (tertiary alicyclic amines) is 1. The monoisotopic (exact) mass is 346 g/mol. The van der Waals surface area contributed by atoms with E-state index in [9.17, 15) is 0 Å². The minimum absolute atomic E-state index is 0.728. The first-order valence-corrected chi connectivity index (χ1v) is 9.46. The molecule has 5 nitrogen and oxygen atoms in total. The summed E-state index contributed by atoms with van der Waals surface area (Å²) in [4.78, 5) is 6.90. The molecular formula is C20H34N4O. The number of hydrogen-bond donors (Lipinski definition) is 2. The van der Waals surface area contributed by atoms with Crippen LogP contribution in [0, 0.1) is 12.8 Å². The first-order valence-electron chi connectivity index (χ1n) is 9.46. The zero-order chi connectivity index (χ0) is 18.1. The molecule has 0 radical (unpaired) electrons. The van der Waals surface area contributed by atoms with Crippen LogP contribution in [0.15, 0.2) is 23.2 Å². The number of nitrogens with one attached hydrogen (secondary N) is 2. The summed E-state index contributed by atoms with van der Waals surface area (Å²) in [7, 11) is 3.56. The van der Waals surface area contributed by atoms with Crippen molar-refractivity contribution < 1.29 is 4.74 Å². The van der Waals surface area contributed by atoms with Crippen molar-refractivity contribution in [1.82, 2.24) is 15.5 Å². The summed E-state index contributed by atoms with van der Waals surface area (Å²) < 4.78 is 5.40. The van der Waals surface area contributed by atoms with Gasteiger partial charge in [-0.1, -0.05) is 19.1 Å². The fraction of sp³-hybridized carbons (Fsp3) is 0.650. The highest BCUT2D eigenvalue weighted by Gasteiger charge is 2.21. The van der Waals surface area contributed by atoms with Crippen molar-refractivity contribution in [3.63, 3.8) is 0 Å². The van der Waals surface area contributed by atoms with Crippen molar-refractivity contribution in [3.05, 3.63) is 29.3 Å². The second-order valence-electron chi connectivity index (χ2n) is 6.89. The van der Waals surface area contributed by atoms with E-state index in [-0.39, 0.29) is 0 Å². The predicted octanol–water partition coefficient (Wildman–Crippen LogP) is 2.44. The van der Waals surface area contributed by atoms with Gasteiger partial charge in [-0.15, -0.1) is 0 Å². The molecular weight excluding hydrogens is 312 g/mol. The summed E-state index contributed by atoms with van der Waals surface area (Å²) in [6.07, 6.45) is 3.48. The highest BCUT2D eigenvalue weighted by atomic mass is 16.5. The predicted molar refractivity (Wildman–Crippen MR) is 106 cm³/mol. The fourth-order valence-electron chi connectivity index (χ4n) is 3.41. The Morgan fingerprint density at radius 2 is 2.20 bits per heavy atom. The smallest absolute Gasteiger partial charge is 0.190 e. The van der Waals surface area contributed by atoms with E-state index in [0.717, 1.165) is 37.1 Å². The van der Waals surface area contributed by atoms with Crippen LogP contribution in [0.2, 0.25) is 0 Å². The molecule has 1 saturated heterocycles. The molecule has 0 aliphatic carbocycles. The van der Waals surface area contributed by atoms with E-state index >= 15 is 0 Å². The second kappa shape index (κ2) is 10.3. The summed E-state index contributed by atoms with van der Waals surface area (Å²) in [6.45, 7) is 9.85. The molecule has 0 aromatic heterocycles. The molecule has 1 atom stereocenters. The van der Waals surface area contributed by atoms with Gasteiger partial charge in [0.15, 0.2) is 5.96 Å². The van der Waals surface area contributed by atoms with Crippen LogP contribution in [0.4, 0.5) is 0 Å². The number of nitrogens with zero attached hydrogens (tertiary/aromatic N) is 2. The number of aryl methyl sites for hydroxylation is 1. The number of ether oxygens (including phenoxy) is 1. The molecule has 140 valence electrons. The van der Waals surface area contributed by atoms with Crippen molar-refractivity contribution in [2.24, 2.45) is 10.9 Å². The molecule has 1 unspecified atom stereocenters. The summed E-state index contributed by atoms with van der Waals surface area (Å²) in [5.41, 5.74) is 2.45. The van der Waals surface area contributed by atoms with Crippen LogP contribution in [-0.4, -0.2) is 57.7 Å². The van der Waals surface area contributed by atoms with E-state index in [0.29, 0.717) is 0 Å². The van der Waals surface area contributed by atoms with Gasteiger partial charge in [-0.05, 0) is 62.4 Å². The van der Waals surface area contributed by atoms with Gasteiger partial charge in [0, 0.05) is 26.7 Å². The molecule has 1 aliphatic rings. The van der Waals surface area contributed by atoms with Gasteiger partial charge >= 0.3 is 0 Å². The second-order valence-corrected chi connectivity index (χ2v) is 6.89. The molecule has 1 fully saturated rings. The van der Waals surface area contributed by atoms with E-state index in [1.807, 2.05) is 7.05 Å². The first kappa shape index (κ1) is 19.6. The maximum absolute atomic E-state index is 5.40. The normalized spacial score (nSPS) is 18.4. The SMILES string of the molecule is CCCN1CCC(CNC(=NC)NCCc2ccc(C)c(OC)c2)C1. The van der Waals surface area contributed by atoms with Crippen LogP contribution >= 0.6 is 0 Å². The zero-order valence-corrected chi connectivity index (χ0v) is 16.3. The Bertz CT molecular complexity index is 559. The Morgan fingerprint density at radius 1 is 1.36 bits per heavy atom. The lowest BCUT2D eigenvalue weighted by Gasteiger charge is -2.17. The third-order valence-electron chi connectivity index (χ3n) is 4.87. The summed E-state index contributed by atoms with van der Waals surface area (Å²) >= 11 is 0. The van der Waals surface area contributed by atoms with Crippen LogP contribution in [0.25, 0.3) is 0 Å². The first-order chi connectivity index (χ1) is 12.2. The summed E-state index contributed by atoms with van der Waals surface area (Å²) in [6, 6.07) is 6.40. The molecule has 1 aliphatic heterocycles. The molecule has 5 heteroatoms. The largest absolute Gasteiger partial charge is 0.496 e. The van der Waals surface area contributed by atoms with Gasteiger partial charge in [0.1, 0.15) is 5.75 Å². The van der Waals surface area contributed by atoms with E-state index in [1.165, 1.54) is 43.6 Å². The van der Waals surface area contributed by atoms with E-state index in [1.54, 1.807) is 7.11 Å². The molecule has 1 aromatic rings. The van der Waals surface area contributed by atoms with Gasteiger partial charge in [-0.25, -0.2) is 0 Å². The zero-order valence-electron chi connectivity index (χ0n) is 16.3. The Hall–Kier alpha value is -1.75. The number of methoxy groups -OCH3 is 1. The Kier molecular flexibility index (Phi) is 8.06. The molecule has 2 N–H and O–H groups in total. The molecule has 1 heterocycles. The quantitative estimate of drug-likeness (QED) is 0.561. The number of aliphatic imine (C=N–C) groups is 1. The van der Waals surface area contributed by atoms with Gasteiger partial charge in [0.25, 0.3) is 0 Å². The Balaban J connectivity index is 1.70. The topological polar surface area (TPSA) is 48.9 Å². The fourth-order valence-corrected chi connectivity index (χ4v) is 3.41. The third kappa shape index (κ3) is 6.24. The number of hydrogen-bond acceptors (Lipinski definition) is 3. The van der Waals surface area contributed by atoms with E-state index < -0.39 is 0 Å². The standard InChI is InChI=1S/C20H34N4O/c1-5-11-24-12-9-18(15-24)14-23-20(21-3)22-10-8-17-7-6-16(2)19(13-17)25-4/h6-7,13,18H,5,8-12,14-15H2,1-4H3,(H2,21,22,23). The average molecular weight is 347 g/mol. The van der Waals surface area contributed by atoms with Crippen molar-refractivity contribution in [1.29, 1.82) is 0 Å². The Labute approximate surface area is 152 Å². The summed E-state index contributed by atoms with van der Waals surface area (Å²) in [5, 5.41) is 6.89. The van der Waals surface area contributed by atoms with Crippen LogP contribution in [0.5, 0.6) is 5.75 Å². The third-order valence-corrected chi connectivity index (χ3v) is 4.87. The molecule has 2 rings (SSSR count). The van der Waals surface area contributed by atoms with Crippen LogP contribution in [0.3, 0.4) is 0 Å². The number of benzene rings is 1. The van der Waals surface area contributed by atoms with Gasteiger partial charge in [-0.3, -0.25) is 4.99 Å². The lowest BCUT2D eigenvalue weighted by Crippen LogP contribution is -2.41. The number of rotatable bonds is 8. The van der Waals surface area contributed by atoms with Crippen molar-refractivity contribution in [2.45, 2.75) is 33.1 Å². The van der Waals surface area contributed by atoms with Crippen LogP contribution in [-0.2, 0) is 6.42 Å². The molecule has 0 bridgehead atoms.